The lowest BCUT2D eigenvalue weighted by Crippen LogP contribution is -2.45. The molecule has 7 nitrogen and oxygen atoms in total. The second-order valence-corrected chi connectivity index (χ2v) is 7.45. The van der Waals surface area contributed by atoms with Crippen molar-refractivity contribution in [3.8, 4) is 22.5 Å². The van der Waals surface area contributed by atoms with Crippen LogP contribution in [0.5, 0.6) is 0 Å². The van der Waals surface area contributed by atoms with Gasteiger partial charge in [0, 0.05) is 50.6 Å². The van der Waals surface area contributed by atoms with E-state index >= 15 is 0 Å². The number of hydrogen-bond acceptors (Lipinski definition) is 5. The molecule has 29 heavy (non-hydrogen) atoms. The Bertz CT molecular complexity index is 1150. The fourth-order valence-corrected chi connectivity index (χ4v) is 3.74. The predicted molar refractivity (Wildman–Crippen MR) is 110 cm³/mol. The van der Waals surface area contributed by atoms with E-state index in [1.54, 1.807) is 18.3 Å². The van der Waals surface area contributed by atoms with Crippen molar-refractivity contribution in [1.82, 2.24) is 29.3 Å². The molecular formula is C21H22FN7. The van der Waals surface area contributed by atoms with Crippen molar-refractivity contribution < 1.29 is 4.39 Å². The van der Waals surface area contributed by atoms with Crippen molar-refractivity contribution in [1.29, 1.82) is 0 Å². The van der Waals surface area contributed by atoms with Gasteiger partial charge in [0.05, 0.1) is 17.6 Å². The molecule has 8 heteroatoms. The molecular weight excluding hydrogens is 369 g/mol. The van der Waals surface area contributed by atoms with E-state index in [1.807, 2.05) is 28.5 Å². The molecule has 1 aliphatic rings. The van der Waals surface area contributed by atoms with Gasteiger partial charge in [0.25, 0.3) is 0 Å². The maximum absolute atomic E-state index is 13.3. The summed E-state index contributed by atoms with van der Waals surface area (Å²) in [6.07, 6.45) is 3.69. The summed E-state index contributed by atoms with van der Waals surface area (Å²) >= 11 is 0. The molecule has 0 amide bonds. The first-order chi connectivity index (χ1) is 14.1. The highest BCUT2D eigenvalue weighted by molar-refractivity contribution is 5.79. The molecule has 0 saturated carbocycles. The minimum absolute atomic E-state index is 0.261. The summed E-state index contributed by atoms with van der Waals surface area (Å²) in [6.45, 7) is 3.87. The number of aromatic nitrogens is 5. The van der Waals surface area contributed by atoms with Crippen LogP contribution in [0.1, 0.15) is 0 Å². The number of hydrogen-bond donors (Lipinski definition) is 0. The van der Waals surface area contributed by atoms with Gasteiger partial charge in [0.15, 0.2) is 5.65 Å². The maximum atomic E-state index is 13.3. The van der Waals surface area contributed by atoms with Gasteiger partial charge in [-0.3, -0.25) is 4.68 Å². The second-order valence-electron chi connectivity index (χ2n) is 7.45. The average Bonchev–Trinajstić information content (AvgIpc) is 3.34. The number of halogens is 1. The van der Waals surface area contributed by atoms with Crippen molar-refractivity contribution in [2.45, 2.75) is 0 Å². The molecule has 0 aliphatic carbocycles. The molecule has 4 heterocycles. The number of fused-ring (bicyclic) bond motifs is 1. The highest BCUT2D eigenvalue weighted by atomic mass is 19.1. The summed E-state index contributed by atoms with van der Waals surface area (Å²) in [5, 5.41) is 9.17. The van der Waals surface area contributed by atoms with Crippen molar-refractivity contribution in [3.63, 3.8) is 0 Å². The average molecular weight is 391 g/mol. The zero-order valence-electron chi connectivity index (χ0n) is 16.5. The van der Waals surface area contributed by atoms with E-state index < -0.39 is 0 Å². The third-order valence-corrected chi connectivity index (χ3v) is 5.48. The summed E-state index contributed by atoms with van der Waals surface area (Å²) in [4.78, 5) is 9.44. The van der Waals surface area contributed by atoms with Crippen LogP contribution in [0.2, 0.25) is 0 Å². The van der Waals surface area contributed by atoms with E-state index in [4.69, 9.17) is 10.1 Å². The number of nitrogens with zero attached hydrogens (tertiary/aromatic N) is 7. The Hall–Kier alpha value is -3.26. The van der Waals surface area contributed by atoms with Gasteiger partial charge in [-0.1, -0.05) is 0 Å². The van der Waals surface area contributed by atoms with Crippen molar-refractivity contribution in [2.75, 3.05) is 38.1 Å². The zero-order chi connectivity index (χ0) is 20.0. The molecule has 3 aromatic heterocycles. The van der Waals surface area contributed by atoms with Crippen molar-refractivity contribution in [2.24, 2.45) is 7.05 Å². The summed E-state index contributed by atoms with van der Waals surface area (Å²) in [5.41, 5.74) is 4.32. The normalized spacial score (nSPS) is 15.3. The van der Waals surface area contributed by atoms with E-state index in [1.165, 1.54) is 12.1 Å². The summed E-state index contributed by atoms with van der Waals surface area (Å²) in [6, 6.07) is 10.5. The van der Waals surface area contributed by atoms with E-state index in [9.17, 15) is 4.39 Å². The molecule has 0 radical (unpaired) electrons. The van der Waals surface area contributed by atoms with Crippen LogP contribution in [0.4, 0.5) is 10.2 Å². The molecule has 0 atom stereocenters. The Morgan fingerprint density at radius 1 is 0.966 bits per heavy atom. The molecule has 0 unspecified atom stereocenters. The number of piperazine rings is 1. The Morgan fingerprint density at radius 3 is 2.41 bits per heavy atom. The first kappa shape index (κ1) is 17.8. The van der Waals surface area contributed by atoms with E-state index in [0.29, 0.717) is 0 Å². The number of benzene rings is 1. The van der Waals surface area contributed by atoms with Crippen molar-refractivity contribution in [3.05, 3.63) is 54.6 Å². The van der Waals surface area contributed by atoms with Gasteiger partial charge in [-0.25, -0.2) is 13.9 Å². The third-order valence-electron chi connectivity index (χ3n) is 5.48. The molecule has 0 spiro atoms. The van der Waals surface area contributed by atoms with Gasteiger partial charge in [0.2, 0.25) is 0 Å². The molecule has 1 fully saturated rings. The van der Waals surface area contributed by atoms with Gasteiger partial charge < -0.3 is 9.80 Å². The van der Waals surface area contributed by atoms with Crippen LogP contribution < -0.4 is 4.90 Å². The van der Waals surface area contributed by atoms with Crippen LogP contribution >= 0.6 is 0 Å². The summed E-state index contributed by atoms with van der Waals surface area (Å²) in [5.74, 6) is 0.661. The van der Waals surface area contributed by atoms with Gasteiger partial charge >= 0.3 is 0 Å². The zero-order valence-corrected chi connectivity index (χ0v) is 16.5. The minimum atomic E-state index is -0.261. The molecule has 5 rings (SSSR count). The number of rotatable bonds is 3. The first-order valence-electron chi connectivity index (χ1n) is 9.67. The van der Waals surface area contributed by atoms with Crippen LogP contribution in [0.3, 0.4) is 0 Å². The summed E-state index contributed by atoms with van der Waals surface area (Å²) in [7, 11) is 4.06. The Kier molecular flexibility index (Phi) is 4.28. The van der Waals surface area contributed by atoms with Crippen LogP contribution in [0.25, 0.3) is 28.2 Å². The lowest BCUT2D eigenvalue weighted by atomic mass is 10.2. The van der Waals surface area contributed by atoms with Gasteiger partial charge in [-0.05, 0) is 43.4 Å². The SMILES string of the molecule is CN1CCN(c2cc(-c3ccnn3C)c3nc(-c4ccc(F)cc4)cn3n2)CC1. The number of anilines is 1. The molecule has 0 bridgehead atoms. The number of aryl methyl sites for hydroxylation is 1. The van der Waals surface area contributed by atoms with Gasteiger partial charge in [-0.15, -0.1) is 5.10 Å². The smallest absolute Gasteiger partial charge is 0.163 e. The number of likely N-dealkylation sites (N-methyl/N-ethyl adjacent to an activating group) is 1. The van der Waals surface area contributed by atoms with Gasteiger partial charge in [0.1, 0.15) is 11.6 Å². The first-order valence-corrected chi connectivity index (χ1v) is 9.67. The molecule has 0 N–H and O–H groups in total. The summed E-state index contributed by atoms with van der Waals surface area (Å²) < 4.78 is 17.0. The maximum Gasteiger partial charge on any atom is 0.163 e. The van der Waals surface area contributed by atoms with E-state index in [2.05, 4.69) is 28.0 Å². The Morgan fingerprint density at radius 2 is 1.72 bits per heavy atom. The van der Waals surface area contributed by atoms with Crippen LogP contribution in [0.15, 0.2) is 48.8 Å². The molecule has 1 aliphatic heterocycles. The quantitative estimate of drug-likeness (QED) is 0.538. The fraction of sp³-hybridized carbons (Fsp3) is 0.286. The van der Waals surface area contributed by atoms with E-state index in [0.717, 1.165) is 60.2 Å². The van der Waals surface area contributed by atoms with Gasteiger partial charge in [-0.2, -0.15) is 5.10 Å². The molecule has 4 aromatic rings. The van der Waals surface area contributed by atoms with Crippen LogP contribution in [-0.4, -0.2) is 62.5 Å². The number of imidazole rings is 1. The standard InChI is InChI=1S/C21H22FN7/c1-26-9-11-28(12-10-26)20-13-17(19-7-8-23-27(19)2)21-24-18(14-29(21)25-20)15-3-5-16(22)6-4-15/h3-8,13-14H,9-12H2,1-2H3. The molecule has 1 aromatic carbocycles. The lowest BCUT2D eigenvalue weighted by Gasteiger charge is -2.33. The lowest BCUT2D eigenvalue weighted by molar-refractivity contribution is 0.311. The Balaban J connectivity index is 1.66. The van der Waals surface area contributed by atoms with Crippen molar-refractivity contribution >= 4 is 11.5 Å². The largest absolute Gasteiger partial charge is 0.353 e. The van der Waals surface area contributed by atoms with Crippen LogP contribution in [0, 0.1) is 5.82 Å². The predicted octanol–water partition coefficient (Wildman–Crippen LogP) is 2.69. The Labute approximate surface area is 168 Å². The third kappa shape index (κ3) is 3.25. The highest BCUT2D eigenvalue weighted by Gasteiger charge is 2.20. The molecule has 148 valence electrons. The topological polar surface area (TPSA) is 54.5 Å². The minimum Gasteiger partial charge on any atom is -0.353 e. The van der Waals surface area contributed by atoms with E-state index in [-0.39, 0.29) is 5.82 Å². The fourth-order valence-electron chi connectivity index (χ4n) is 3.74. The molecule has 1 saturated heterocycles. The highest BCUT2D eigenvalue weighted by Crippen LogP contribution is 2.29. The second kappa shape index (κ2) is 6.97. The van der Waals surface area contributed by atoms with Crippen LogP contribution in [-0.2, 0) is 7.05 Å². The monoisotopic (exact) mass is 391 g/mol.